The number of morpholine rings is 1. The normalized spacial score (nSPS) is 16.7. The molecule has 26 heavy (non-hydrogen) atoms. The van der Waals surface area contributed by atoms with Gasteiger partial charge in [0.25, 0.3) is 0 Å². The lowest BCUT2D eigenvalue weighted by atomic mass is 10.1. The minimum Gasteiger partial charge on any atom is -0.379 e. The summed E-state index contributed by atoms with van der Waals surface area (Å²) in [5, 5.41) is 0. The molecule has 1 atom stereocenters. The van der Waals surface area contributed by atoms with Crippen LogP contribution in [0.3, 0.4) is 0 Å². The molecule has 7 heteroatoms. The molecule has 0 amide bonds. The molecule has 1 unspecified atom stereocenters. The molecule has 0 spiro atoms. The van der Waals surface area contributed by atoms with Crippen molar-refractivity contribution in [2.45, 2.75) is 17.9 Å². The second-order valence-corrected chi connectivity index (χ2v) is 8.02. The van der Waals surface area contributed by atoms with Gasteiger partial charge in [-0.15, -0.1) is 12.4 Å². The third-order valence-corrected chi connectivity index (χ3v) is 5.86. The summed E-state index contributed by atoms with van der Waals surface area (Å²) in [5.74, 6) is 0. The van der Waals surface area contributed by atoms with Crippen LogP contribution < -0.4 is 4.72 Å². The number of rotatable bonds is 6. The van der Waals surface area contributed by atoms with Gasteiger partial charge in [-0.2, -0.15) is 0 Å². The lowest BCUT2D eigenvalue weighted by Crippen LogP contribution is -2.43. The van der Waals surface area contributed by atoms with Gasteiger partial charge in [0.15, 0.2) is 0 Å². The number of benzene rings is 2. The average Bonchev–Trinajstić information content (AvgIpc) is 2.63. The fourth-order valence-corrected chi connectivity index (χ4v) is 4.13. The van der Waals surface area contributed by atoms with Gasteiger partial charge < -0.3 is 4.74 Å². The molecule has 1 aliphatic heterocycles. The van der Waals surface area contributed by atoms with Crippen molar-refractivity contribution in [3.63, 3.8) is 0 Å². The molecule has 0 aliphatic carbocycles. The van der Waals surface area contributed by atoms with Crippen molar-refractivity contribution in [3.05, 3.63) is 65.7 Å². The van der Waals surface area contributed by atoms with Crippen LogP contribution in [0.15, 0.2) is 59.5 Å². The number of hydrogen-bond donors (Lipinski definition) is 1. The van der Waals surface area contributed by atoms with Gasteiger partial charge in [0, 0.05) is 19.6 Å². The second kappa shape index (κ2) is 9.48. The number of aryl methyl sites for hydroxylation is 1. The molecule has 0 aromatic heterocycles. The number of sulfonamides is 1. The molecule has 1 aliphatic rings. The van der Waals surface area contributed by atoms with Crippen molar-refractivity contribution >= 4 is 22.4 Å². The highest BCUT2D eigenvalue weighted by Gasteiger charge is 2.24. The molecule has 1 N–H and O–H groups in total. The second-order valence-electron chi connectivity index (χ2n) is 6.31. The Hall–Kier alpha value is -1.44. The quantitative estimate of drug-likeness (QED) is 0.815. The van der Waals surface area contributed by atoms with E-state index in [4.69, 9.17) is 4.74 Å². The highest BCUT2D eigenvalue weighted by molar-refractivity contribution is 7.89. The molecule has 0 saturated carbocycles. The summed E-state index contributed by atoms with van der Waals surface area (Å²) in [5.41, 5.74) is 2.00. The Morgan fingerprint density at radius 2 is 1.65 bits per heavy atom. The molecule has 2 aromatic rings. The van der Waals surface area contributed by atoms with Crippen molar-refractivity contribution < 1.29 is 13.2 Å². The summed E-state index contributed by atoms with van der Waals surface area (Å²) in [4.78, 5) is 2.53. The van der Waals surface area contributed by atoms with Gasteiger partial charge in [0.05, 0.1) is 24.2 Å². The van der Waals surface area contributed by atoms with Crippen molar-refractivity contribution in [1.29, 1.82) is 0 Å². The third kappa shape index (κ3) is 5.53. The van der Waals surface area contributed by atoms with E-state index in [1.165, 1.54) is 0 Å². The van der Waals surface area contributed by atoms with E-state index in [-0.39, 0.29) is 18.4 Å². The zero-order chi connectivity index (χ0) is 17.7. The zero-order valence-electron chi connectivity index (χ0n) is 14.8. The first-order valence-electron chi connectivity index (χ1n) is 8.49. The van der Waals surface area contributed by atoms with Gasteiger partial charge >= 0.3 is 0 Å². The summed E-state index contributed by atoms with van der Waals surface area (Å²) >= 11 is 0. The van der Waals surface area contributed by atoms with E-state index >= 15 is 0 Å². The van der Waals surface area contributed by atoms with Gasteiger partial charge in [-0.25, -0.2) is 13.1 Å². The molecule has 5 nitrogen and oxygen atoms in total. The number of nitrogens with one attached hydrogen (secondary N) is 1. The fraction of sp³-hybridized carbons (Fsp3) is 0.368. The Bertz CT molecular complexity index is 776. The Labute approximate surface area is 161 Å². The third-order valence-electron chi connectivity index (χ3n) is 4.38. The Kier molecular flexibility index (Phi) is 7.61. The van der Waals surface area contributed by atoms with Gasteiger partial charge in [0.2, 0.25) is 10.0 Å². The molecule has 142 valence electrons. The van der Waals surface area contributed by atoms with Crippen molar-refractivity contribution in [2.75, 3.05) is 32.8 Å². The van der Waals surface area contributed by atoms with Gasteiger partial charge in [-0.05, 0) is 24.6 Å². The predicted octanol–water partition coefficient (Wildman–Crippen LogP) is 2.77. The fourth-order valence-electron chi connectivity index (χ4n) is 2.91. The van der Waals surface area contributed by atoms with Crippen molar-refractivity contribution in [2.24, 2.45) is 0 Å². The minimum absolute atomic E-state index is 0. The summed E-state index contributed by atoms with van der Waals surface area (Å²) in [6.45, 7) is 5.57. The molecule has 1 saturated heterocycles. The number of nitrogens with zero attached hydrogens (tertiary/aromatic N) is 1. The molecule has 0 radical (unpaired) electrons. The van der Waals surface area contributed by atoms with Crippen LogP contribution in [0.4, 0.5) is 0 Å². The number of halogens is 1. The molecule has 2 aromatic carbocycles. The standard InChI is InChI=1S/C19H24N2O3S.ClH/c1-16-7-9-18(10-8-16)25(22,23)20-19(17-5-3-2-4-6-17)15-21-11-13-24-14-12-21;/h2-10,19-20H,11-15H2,1H3;1H. The maximum Gasteiger partial charge on any atom is 0.241 e. The maximum absolute atomic E-state index is 12.8. The average molecular weight is 397 g/mol. The van der Waals surface area contributed by atoms with E-state index in [9.17, 15) is 8.42 Å². The lowest BCUT2D eigenvalue weighted by Gasteiger charge is -2.31. The molecule has 1 fully saturated rings. The molecular weight excluding hydrogens is 372 g/mol. The minimum atomic E-state index is -3.58. The zero-order valence-corrected chi connectivity index (χ0v) is 16.4. The highest BCUT2D eigenvalue weighted by atomic mass is 35.5. The van der Waals surface area contributed by atoms with Crippen LogP contribution in [0.2, 0.25) is 0 Å². The number of hydrogen-bond acceptors (Lipinski definition) is 4. The van der Waals surface area contributed by atoms with Crippen LogP contribution in [0.25, 0.3) is 0 Å². The first-order valence-corrected chi connectivity index (χ1v) is 9.97. The Balaban J connectivity index is 0.00000243. The first kappa shape index (κ1) is 20.9. The van der Waals surface area contributed by atoms with Gasteiger partial charge in [0.1, 0.15) is 0 Å². The smallest absolute Gasteiger partial charge is 0.241 e. The van der Waals surface area contributed by atoms with Crippen LogP contribution in [-0.4, -0.2) is 46.2 Å². The molecule has 1 heterocycles. The van der Waals surface area contributed by atoms with Crippen LogP contribution >= 0.6 is 12.4 Å². The SMILES string of the molecule is Cc1ccc(S(=O)(=O)NC(CN2CCOCC2)c2ccccc2)cc1.Cl. The van der Waals surface area contributed by atoms with Gasteiger partial charge in [-0.3, -0.25) is 4.90 Å². The van der Waals surface area contributed by atoms with Gasteiger partial charge in [-0.1, -0.05) is 48.0 Å². The first-order chi connectivity index (χ1) is 12.0. The van der Waals surface area contributed by atoms with Crippen molar-refractivity contribution in [3.8, 4) is 0 Å². The van der Waals surface area contributed by atoms with Crippen LogP contribution in [-0.2, 0) is 14.8 Å². The molecular formula is C19H25ClN2O3S. The largest absolute Gasteiger partial charge is 0.379 e. The topological polar surface area (TPSA) is 58.6 Å². The van der Waals surface area contributed by atoms with E-state index in [1.54, 1.807) is 12.1 Å². The number of ether oxygens (including phenoxy) is 1. The summed E-state index contributed by atoms with van der Waals surface area (Å²) in [7, 11) is -3.58. The summed E-state index contributed by atoms with van der Waals surface area (Å²) in [6.07, 6.45) is 0. The van der Waals surface area contributed by atoms with E-state index in [0.717, 1.165) is 24.2 Å². The van der Waals surface area contributed by atoms with E-state index in [2.05, 4.69) is 9.62 Å². The monoisotopic (exact) mass is 396 g/mol. The van der Waals surface area contributed by atoms with Crippen LogP contribution in [0.1, 0.15) is 17.2 Å². The maximum atomic E-state index is 12.8. The highest BCUT2D eigenvalue weighted by Crippen LogP contribution is 2.19. The molecule has 3 rings (SSSR count). The van der Waals surface area contributed by atoms with Crippen LogP contribution in [0.5, 0.6) is 0 Å². The van der Waals surface area contributed by atoms with E-state index in [1.807, 2.05) is 49.4 Å². The lowest BCUT2D eigenvalue weighted by molar-refractivity contribution is 0.0345. The van der Waals surface area contributed by atoms with E-state index in [0.29, 0.717) is 24.7 Å². The van der Waals surface area contributed by atoms with Crippen LogP contribution in [0, 0.1) is 6.92 Å². The summed E-state index contributed by atoms with van der Waals surface area (Å²) < 4.78 is 33.9. The Morgan fingerprint density at radius 3 is 2.27 bits per heavy atom. The van der Waals surface area contributed by atoms with Crippen molar-refractivity contribution in [1.82, 2.24) is 9.62 Å². The predicted molar refractivity (Wildman–Crippen MR) is 105 cm³/mol. The van der Waals surface area contributed by atoms with E-state index < -0.39 is 10.0 Å². The molecule has 0 bridgehead atoms. The summed E-state index contributed by atoms with van der Waals surface area (Å²) in [6, 6.07) is 16.3. The Morgan fingerprint density at radius 1 is 1.04 bits per heavy atom.